The van der Waals surface area contributed by atoms with Gasteiger partial charge in [-0.1, -0.05) is 46.1 Å². The van der Waals surface area contributed by atoms with Gasteiger partial charge < -0.3 is 20.4 Å². The summed E-state index contributed by atoms with van der Waals surface area (Å²) in [5.41, 5.74) is 0.655. The molecule has 0 bridgehead atoms. The molecule has 4 amide bonds. The van der Waals surface area contributed by atoms with Crippen LogP contribution in [0.4, 0.5) is 10.5 Å². The number of nitrogens with zero attached hydrogens (tertiary/aromatic N) is 2. The lowest BCUT2D eigenvalue weighted by Gasteiger charge is -2.36. The fraction of sp³-hybridized carbons (Fsp3) is 0.609. The average molecular weight is 415 g/mol. The Labute approximate surface area is 179 Å². The van der Waals surface area contributed by atoms with E-state index in [-0.39, 0.29) is 23.9 Å². The van der Waals surface area contributed by atoms with Gasteiger partial charge in [0, 0.05) is 48.9 Å². The van der Waals surface area contributed by atoms with Crippen LogP contribution in [0.3, 0.4) is 0 Å². The average Bonchev–Trinajstić information content (AvgIpc) is 2.73. The van der Waals surface area contributed by atoms with Crippen LogP contribution in [-0.2, 0) is 4.79 Å². The number of nitrogens with one attached hydrogen (secondary N) is 2. The molecule has 1 saturated carbocycles. The quantitative estimate of drug-likeness (QED) is 0.795. The summed E-state index contributed by atoms with van der Waals surface area (Å²) in [5.74, 6) is -0.168. The van der Waals surface area contributed by atoms with Crippen molar-refractivity contribution in [3.63, 3.8) is 0 Å². The van der Waals surface area contributed by atoms with Gasteiger partial charge in [-0.2, -0.15) is 0 Å². The van der Waals surface area contributed by atoms with E-state index in [0.29, 0.717) is 37.4 Å². The van der Waals surface area contributed by atoms with E-state index in [1.54, 1.807) is 34.1 Å². The summed E-state index contributed by atoms with van der Waals surface area (Å²) < 4.78 is 0. The summed E-state index contributed by atoms with van der Waals surface area (Å²) in [4.78, 5) is 41.2. The van der Waals surface area contributed by atoms with Crippen LogP contribution in [0, 0.1) is 5.41 Å². The fourth-order valence-electron chi connectivity index (χ4n) is 3.86. The maximum Gasteiger partial charge on any atom is 0.317 e. The molecular weight excluding hydrogens is 380 g/mol. The minimum atomic E-state index is -0.505. The first-order chi connectivity index (χ1) is 14.2. The molecule has 1 heterocycles. The molecule has 0 unspecified atom stereocenters. The molecule has 7 heteroatoms. The lowest BCUT2D eigenvalue weighted by Crippen LogP contribution is -2.54. The molecule has 1 aromatic carbocycles. The normalized spacial score (nSPS) is 18.1. The third-order valence-corrected chi connectivity index (χ3v) is 5.84. The maximum atomic E-state index is 12.9. The number of rotatable bonds is 3. The number of benzene rings is 1. The van der Waals surface area contributed by atoms with Gasteiger partial charge in [0.25, 0.3) is 5.91 Å². The minimum absolute atomic E-state index is 0.0131. The highest BCUT2D eigenvalue weighted by Gasteiger charge is 2.27. The lowest BCUT2D eigenvalue weighted by molar-refractivity contribution is -0.123. The van der Waals surface area contributed by atoms with E-state index < -0.39 is 5.41 Å². The highest BCUT2D eigenvalue weighted by molar-refractivity contribution is 5.98. The van der Waals surface area contributed by atoms with Crippen LogP contribution in [0.1, 0.15) is 63.2 Å². The van der Waals surface area contributed by atoms with E-state index in [4.69, 9.17) is 0 Å². The molecule has 2 fully saturated rings. The van der Waals surface area contributed by atoms with Crippen LogP contribution in [0.5, 0.6) is 0 Å². The third-order valence-electron chi connectivity index (χ3n) is 5.84. The smallest absolute Gasteiger partial charge is 0.317 e. The SMILES string of the molecule is CC(C)(C)C(=O)Nc1cccc(C(=O)N2CCN(C(=O)NC3CCCCC3)CC2)c1. The summed E-state index contributed by atoms with van der Waals surface area (Å²) in [6.45, 7) is 7.63. The second-order valence-corrected chi connectivity index (χ2v) is 9.35. The Kier molecular flexibility index (Phi) is 7.00. The van der Waals surface area contributed by atoms with Gasteiger partial charge in [0.2, 0.25) is 5.91 Å². The van der Waals surface area contributed by atoms with Crippen molar-refractivity contribution in [2.75, 3.05) is 31.5 Å². The van der Waals surface area contributed by atoms with E-state index >= 15 is 0 Å². The van der Waals surface area contributed by atoms with E-state index in [0.717, 1.165) is 12.8 Å². The number of carbonyl (C=O) groups excluding carboxylic acids is 3. The Morgan fingerprint density at radius 1 is 0.933 bits per heavy atom. The summed E-state index contributed by atoms with van der Waals surface area (Å²) in [6, 6.07) is 7.32. The number of piperazine rings is 1. The standard InChI is InChI=1S/C23H34N4O3/c1-23(2,3)21(29)24-19-11-7-8-17(16-19)20(28)26-12-14-27(15-13-26)22(30)25-18-9-5-4-6-10-18/h7-8,11,16,18H,4-6,9-10,12-15H2,1-3H3,(H,24,29)(H,25,30). The predicted molar refractivity (Wildman–Crippen MR) is 117 cm³/mol. The van der Waals surface area contributed by atoms with Crippen LogP contribution in [0.2, 0.25) is 0 Å². The first kappa shape index (κ1) is 22.1. The van der Waals surface area contributed by atoms with Gasteiger partial charge in [-0.15, -0.1) is 0 Å². The molecule has 2 N–H and O–H groups in total. The van der Waals surface area contributed by atoms with Crippen molar-refractivity contribution in [3.8, 4) is 0 Å². The van der Waals surface area contributed by atoms with Crippen molar-refractivity contribution in [2.24, 2.45) is 5.41 Å². The molecule has 164 valence electrons. The summed E-state index contributed by atoms with van der Waals surface area (Å²) >= 11 is 0. The number of hydrogen-bond acceptors (Lipinski definition) is 3. The van der Waals surface area contributed by atoms with Crippen LogP contribution in [-0.4, -0.2) is 59.9 Å². The Morgan fingerprint density at radius 2 is 1.57 bits per heavy atom. The first-order valence-corrected chi connectivity index (χ1v) is 11.0. The number of amides is 4. The van der Waals surface area contributed by atoms with Gasteiger partial charge in [-0.05, 0) is 31.0 Å². The van der Waals surface area contributed by atoms with Crippen molar-refractivity contribution >= 4 is 23.5 Å². The Bertz CT molecular complexity index is 773. The Morgan fingerprint density at radius 3 is 2.20 bits per heavy atom. The monoisotopic (exact) mass is 414 g/mol. The molecular formula is C23H34N4O3. The zero-order valence-electron chi connectivity index (χ0n) is 18.4. The van der Waals surface area contributed by atoms with Crippen molar-refractivity contribution in [3.05, 3.63) is 29.8 Å². The van der Waals surface area contributed by atoms with Gasteiger partial charge in [-0.3, -0.25) is 9.59 Å². The molecule has 1 aliphatic carbocycles. The van der Waals surface area contributed by atoms with Crippen LogP contribution >= 0.6 is 0 Å². The Hall–Kier alpha value is -2.57. The predicted octanol–water partition coefficient (Wildman–Crippen LogP) is 3.47. The lowest BCUT2D eigenvalue weighted by atomic mass is 9.95. The molecule has 3 rings (SSSR count). The molecule has 0 atom stereocenters. The molecule has 0 aromatic heterocycles. The topological polar surface area (TPSA) is 81.8 Å². The molecule has 2 aliphatic rings. The van der Waals surface area contributed by atoms with Gasteiger partial charge in [0.05, 0.1) is 0 Å². The highest BCUT2D eigenvalue weighted by Crippen LogP contribution is 2.20. The maximum absolute atomic E-state index is 12.9. The van der Waals surface area contributed by atoms with Gasteiger partial charge in [0.1, 0.15) is 0 Å². The zero-order valence-corrected chi connectivity index (χ0v) is 18.4. The number of carbonyl (C=O) groups is 3. The zero-order chi connectivity index (χ0) is 21.7. The molecule has 1 saturated heterocycles. The third kappa shape index (κ3) is 5.74. The van der Waals surface area contributed by atoms with Crippen LogP contribution in [0.15, 0.2) is 24.3 Å². The minimum Gasteiger partial charge on any atom is -0.335 e. The number of urea groups is 1. The number of hydrogen-bond donors (Lipinski definition) is 2. The summed E-state index contributed by atoms with van der Waals surface area (Å²) in [5, 5.41) is 6.02. The van der Waals surface area contributed by atoms with Crippen molar-refractivity contribution in [2.45, 2.75) is 58.9 Å². The van der Waals surface area contributed by atoms with Crippen molar-refractivity contribution in [1.82, 2.24) is 15.1 Å². The largest absolute Gasteiger partial charge is 0.335 e. The van der Waals surface area contributed by atoms with E-state index in [9.17, 15) is 14.4 Å². The number of anilines is 1. The molecule has 7 nitrogen and oxygen atoms in total. The molecule has 1 aromatic rings. The van der Waals surface area contributed by atoms with Crippen molar-refractivity contribution in [1.29, 1.82) is 0 Å². The highest BCUT2D eigenvalue weighted by atomic mass is 16.2. The van der Waals surface area contributed by atoms with Gasteiger partial charge in [-0.25, -0.2) is 4.79 Å². The second-order valence-electron chi connectivity index (χ2n) is 9.35. The Balaban J connectivity index is 1.53. The van der Waals surface area contributed by atoms with Gasteiger partial charge in [0.15, 0.2) is 0 Å². The van der Waals surface area contributed by atoms with Crippen molar-refractivity contribution < 1.29 is 14.4 Å². The molecule has 0 radical (unpaired) electrons. The molecule has 30 heavy (non-hydrogen) atoms. The summed E-state index contributed by atoms with van der Waals surface area (Å²) in [6.07, 6.45) is 5.75. The summed E-state index contributed by atoms with van der Waals surface area (Å²) in [7, 11) is 0. The van der Waals surface area contributed by atoms with Crippen LogP contribution in [0.25, 0.3) is 0 Å². The van der Waals surface area contributed by atoms with E-state index in [1.165, 1.54) is 19.3 Å². The second kappa shape index (κ2) is 9.49. The molecule has 0 spiro atoms. The first-order valence-electron chi connectivity index (χ1n) is 11.0. The van der Waals surface area contributed by atoms with Gasteiger partial charge >= 0.3 is 6.03 Å². The molecule has 1 aliphatic heterocycles. The van der Waals surface area contributed by atoms with E-state index in [1.807, 2.05) is 20.8 Å². The van der Waals surface area contributed by atoms with Crippen LogP contribution < -0.4 is 10.6 Å². The van der Waals surface area contributed by atoms with E-state index in [2.05, 4.69) is 10.6 Å². The fourth-order valence-corrected chi connectivity index (χ4v) is 3.86.